The van der Waals surface area contributed by atoms with Crippen LogP contribution in [0, 0.1) is 0 Å². The zero-order valence-electron chi connectivity index (χ0n) is 14.8. The van der Waals surface area contributed by atoms with Gasteiger partial charge in [-0.3, -0.25) is 4.79 Å². The number of ether oxygens (including phenoxy) is 1. The van der Waals surface area contributed by atoms with E-state index in [1.165, 1.54) is 12.2 Å². The number of anilines is 1. The lowest BCUT2D eigenvalue weighted by atomic mass is 10.1. The van der Waals surface area contributed by atoms with Crippen LogP contribution in [0.4, 0.5) is 5.69 Å². The van der Waals surface area contributed by atoms with Gasteiger partial charge >= 0.3 is 5.97 Å². The molecule has 3 aromatic rings. The second kappa shape index (κ2) is 7.07. The van der Waals surface area contributed by atoms with Crippen LogP contribution >= 0.6 is 0 Å². The summed E-state index contributed by atoms with van der Waals surface area (Å²) in [5.74, 6) is -0.552. The molecule has 1 aliphatic heterocycles. The van der Waals surface area contributed by atoms with Crippen molar-refractivity contribution >= 4 is 34.7 Å². The summed E-state index contributed by atoms with van der Waals surface area (Å²) in [6, 6.07) is 15.1. The number of rotatable bonds is 4. The van der Waals surface area contributed by atoms with Gasteiger partial charge in [0.05, 0.1) is 0 Å². The molecular weight excluding hydrogens is 344 g/mol. The van der Waals surface area contributed by atoms with Crippen molar-refractivity contribution in [3.05, 3.63) is 66.1 Å². The summed E-state index contributed by atoms with van der Waals surface area (Å²) in [4.78, 5) is 30.4. The average Bonchev–Trinajstić information content (AvgIpc) is 3.23. The Balaban J connectivity index is 1.37. The molecule has 0 spiro atoms. The summed E-state index contributed by atoms with van der Waals surface area (Å²) < 4.78 is 10.6. The molecule has 0 N–H and O–H groups in total. The summed E-state index contributed by atoms with van der Waals surface area (Å²) in [7, 11) is 0. The maximum atomic E-state index is 12.5. The molecular formula is C21H18N2O4. The van der Waals surface area contributed by atoms with Crippen LogP contribution in [0.25, 0.3) is 17.2 Å². The first-order valence-electron chi connectivity index (χ1n) is 8.72. The largest absolute Gasteiger partial charge is 0.452 e. The minimum atomic E-state index is -0.620. The van der Waals surface area contributed by atoms with Crippen LogP contribution < -0.4 is 4.90 Å². The van der Waals surface area contributed by atoms with Crippen LogP contribution in [0.1, 0.15) is 18.4 Å². The number of hydrogen-bond acceptors (Lipinski definition) is 5. The van der Waals surface area contributed by atoms with Crippen molar-refractivity contribution in [2.45, 2.75) is 19.4 Å². The first-order valence-corrected chi connectivity index (χ1v) is 8.72. The molecule has 2 aromatic carbocycles. The van der Waals surface area contributed by atoms with Gasteiger partial charge in [0.2, 0.25) is 5.89 Å². The number of oxazole rings is 1. The van der Waals surface area contributed by atoms with Crippen LogP contribution in [-0.2, 0) is 20.7 Å². The number of carbonyl (C=O) groups excluding carboxylic acids is 2. The fourth-order valence-corrected chi connectivity index (χ4v) is 3.30. The van der Waals surface area contributed by atoms with Gasteiger partial charge in [-0.25, -0.2) is 9.78 Å². The molecule has 1 atom stereocenters. The maximum Gasteiger partial charge on any atom is 0.331 e. The van der Waals surface area contributed by atoms with Crippen molar-refractivity contribution < 1.29 is 18.7 Å². The van der Waals surface area contributed by atoms with E-state index in [4.69, 9.17) is 9.15 Å². The average molecular weight is 362 g/mol. The molecule has 0 saturated heterocycles. The van der Waals surface area contributed by atoms with Gasteiger partial charge in [0, 0.05) is 23.9 Å². The number of nitrogens with zero attached hydrogens (tertiary/aromatic N) is 2. The first kappa shape index (κ1) is 17.0. The Hall–Kier alpha value is -3.41. The molecule has 1 aliphatic rings. The molecule has 0 saturated carbocycles. The molecule has 0 aliphatic carbocycles. The number of fused-ring (bicyclic) bond motifs is 2. The van der Waals surface area contributed by atoms with Gasteiger partial charge in [-0.2, -0.15) is 0 Å². The SMILES string of the molecule is C[C@H]1Cc2ccccc2N1C(=O)COC(=O)/C=C/c1nc2ccccc2o1. The molecule has 0 unspecified atom stereocenters. The number of benzene rings is 2. The first-order chi connectivity index (χ1) is 13.1. The molecule has 2 heterocycles. The molecule has 6 heteroatoms. The van der Waals surface area contributed by atoms with Gasteiger partial charge in [-0.15, -0.1) is 0 Å². The van der Waals surface area contributed by atoms with E-state index in [0.29, 0.717) is 17.0 Å². The Kier molecular flexibility index (Phi) is 4.46. The molecule has 4 rings (SSSR count). The van der Waals surface area contributed by atoms with Crippen molar-refractivity contribution in [2.24, 2.45) is 0 Å². The van der Waals surface area contributed by atoms with E-state index in [2.05, 4.69) is 4.98 Å². The van der Waals surface area contributed by atoms with E-state index in [0.717, 1.165) is 17.7 Å². The Morgan fingerprint density at radius 1 is 1.22 bits per heavy atom. The number of hydrogen-bond donors (Lipinski definition) is 0. The third-order valence-corrected chi connectivity index (χ3v) is 4.49. The third-order valence-electron chi connectivity index (χ3n) is 4.49. The maximum absolute atomic E-state index is 12.5. The van der Waals surface area contributed by atoms with Crippen molar-refractivity contribution in [3.8, 4) is 0 Å². The highest BCUT2D eigenvalue weighted by Gasteiger charge is 2.30. The topological polar surface area (TPSA) is 72.6 Å². The zero-order valence-corrected chi connectivity index (χ0v) is 14.8. The quantitative estimate of drug-likeness (QED) is 0.526. The van der Waals surface area contributed by atoms with E-state index < -0.39 is 5.97 Å². The van der Waals surface area contributed by atoms with Gasteiger partial charge in [0.25, 0.3) is 5.91 Å². The molecule has 27 heavy (non-hydrogen) atoms. The molecule has 0 bridgehead atoms. The Labute approximate surface area is 156 Å². The second-order valence-electron chi connectivity index (χ2n) is 6.41. The Bertz CT molecular complexity index is 1000. The third kappa shape index (κ3) is 3.46. The van der Waals surface area contributed by atoms with Crippen molar-refractivity contribution in [2.75, 3.05) is 11.5 Å². The lowest BCUT2D eigenvalue weighted by Gasteiger charge is -2.22. The highest BCUT2D eigenvalue weighted by Crippen LogP contribution is 2.31. The van der Waals surface area contributed by atoms with Gasteiger partial charge in [0.1, 0.15) is 5.52 Å². The highest BCUT2D eigenvalue weighted by molar-refractivity contribution is 5.98. The summed E-state index contributed by atoms with van der Waals surface area (Å²) in [6.45, 7) is 1.67. The lowest BCUT2D eigenvalue weighted by molar-refractivity contribution is -0.143. The predicted octanol–water partition coefficient (Wildman–Crippen LogP) is 3.36. The standard InChI is InChI=1S/C21H18N2O4/c1-14-12-15-6-2-4-8-17(15)23(14)20(24)13-26-21(25)11-10-19-22-16-7-3-5-9-18(16)27-19/h2-11,14H,12-13H2,1H3/b11-10+/t14-/m0/s1. The van der Waals surface area contributed by atoms with Crippen molar-refractivity contribution in [3.63, 3.8) is 0 Å². The number of esters is 1. The minimum absolute atomic E-state index is 0.0453. The molecule has 6 nitrogen and oxygen atoms in total. The summed E-state index contributed by atoms with van der Waals surface area (Å²) in [5, 5.41) is 0. The molecule has 1 aromatic heterocycles. The number of aromatic nitrogens is 1. The number of para-hydroxylation sites is 3. The normalized spacial score (nSPS) is 16.0. The molecule has 0 fully saturated rings. The fourth-order valence-electron chi connectivity index (χ4n) is 3.30. The van der Waals surface area contributed by atoms with Crippen LogP contribution in [0.2, 0.25) is 0 Å². The molecule has 1 amide bonds. The number of carbonyl (C=O) groups is 2. The lowest BCUT2D eigenvalue weighted by Crippen LogP contribution is -2.38. The van der Waals surface area contributed by atoms with Crippen molar-refractivity contribution in [1.82, 2.24) is 4.98 Å². The van der Waals surface area contributed by atoms with Crippen LogP contribution in [0.3, 0.4) is 0 Å². The number of amides is 1. The van der Waals surface area contributed by atoms with Crippen LogP contribution in [-0.4, -0.2) is 29.5 Å². The van der Waals surface area contributed by atoms with Crippen LogP contribution in [0.5, 0.6) is 0 Å². The van der Waals surface area contributed by atoms with Gasteiger partial charge < -0.3 is 14.1 Å². The monoisotopic (exact) mass is 362 g/mol. The van der Waals surface area contributed by atoms with E-state index in [1.54, 1.807) is 11.0 Å². The smallest absolute Gasteiger partial charge is 0.331 e. The van der Waals surface area contributed by atoms with E-state index in [1.807, 2.05) is 49.4 Å². The van der Waals surface area contributed by atoms with E-state index in [-0.39, 0.29) is 18.6 Å². The highest BCUT2D eigenvalue weighted by atomic mass is 16.5. The van der Waals surface area contributed by atoms with E-state index in [9.17, 15) is 9.59 Å². The molecule has 136 valence electrons. The van der Waals surface area contributed by atoms with Crippen molar-refractivity contribution in [1.29, 1.82) is 0 Å². The van der Waals surface area contributed by atoms with Gasteiger partial charge in [-0.05, 0) is 37.1 Å². The van der Waals surface area contributed by atoms with E-state index >= 15 is 0 Å². The second-order valence-corrected chi connectivity index (χ2v) is 6.41. The minimum Gasteiger partial charge on any atom is -0.452 e. The fraction of sp³-hybridized carbons (Fsp3) is 0.190. The zero-order chi connectivity index (χ0) is 18.8. The molecule has 0 radical (unpaired) electrons. The van der Waals surface area contributed by atoms with Crippen LogP contribution in [0.15, 0.2) is 59.0 Å². The predicted molar refractivity (Wildman–Crippen MR) is 101 cm³/mol. The summed E-state index contributed by atoms with van der Waals surface area (Å²) in [6.07, 6.45) is 3.44. The van der Waals surface area contributed by atoms with Gasteiger partial charge in [0.15, 0.2) is 12.2 Å². The summed E-state index contributed by atoms with van der Waals surface area (Å²) >= 11 is 0. The Morgan fingerprint density at radius 2 is 2.00 bits per heavy atom. The summed E-state index contributed by atoms with van der Waals surface area (Å²) in [5.41, 5.74) is 3.36. The van der Waals surface area contributed by atoms with Gasteiger partial charge in [-0.1, -0.05) is 30.3 Å². The Morgan fingerprint density at radius 3 is 2.85 bits per heavy atom.